The van der Waals surface area contributed by atoms with Gasteiger partial charge in [-0.25, -0.2) is 0 Å². The highest BCUT2D eigenvalue weighted by atomic mass is 16.5. The molecule has 0 aliphatic heterocycles. The number of amides is 1. The van der Waals surface area contributed by atoms with E-state index in [4.69, 9.17) is 4.74 Å². The van der Waals surface area contributed by atoms with E-state index in [9.17, 15) is 4.79 Å². The van der Waals surface area contributed by atoms with E-state index in [2.05, 4.69) is 22.5 Å². The Kier molecular flexibility index (Phi) is 5.00. The Labute approximate surface area is 154 Å². The van der Waals surface area contributed by atoms with Crippen molar-refractivity contribution in [3.63, 3.8) is 0 Å². The average molecular weight is 348 g/mol. The molecule has 1 aromatic heterocycles. The number of fused-ring (bicyclic) bond motifs is 2. The quantitative estimate of drug-likeness (QED) is 0.804. The Morgan fingerprint density at radius 3 is 3.00 bits per heavy atom. The van der Waals surface area contributed by atoms with Crippen LogP contribution in [0.15, 0.2) is 60.9 Å². The van der Waals surface area contributed by atoms with Crippen LogP contribution in [-0.4, -0.2) is 10.9 Å². The second-order valence-electron chi connectivity index (χ2n) is 7.36. The van der Waals surface area contributed by atoms with Gasteiger partial charge in [0.2, 0.25) is 5.91 Å². The van der Waals surface area contributed by atoms with E-state index in [-0.39, 0.29) is 11.8 Å². The summed E-state index contributed by atoms with van der Waals surface area (Å²) in [5.74, 6) is 2.24. The monoisotopic (exact) mass is 348 g/mol. The van der Waals surface area contributed by atoms with Crippen molar-refractivity contribution in [3.05, 3.63) is 66.5 Å². The zero-order valence-electron chi connectivity index (χ0n) is 14.8. The first-order chi connectivity index (χ1) is 12.8. The van der Waals surface area contributed by atoms with Gasteiger partial charge >= 0.3 is 0 Å². The standard InChI is InChI=1S/C22H24N2O2/c25-22(19-11-16-4-1-5-17(10-16)12-19)24-20-7-2-8-21(13-20)26-15-18-6-3-9-23-14-18/h1-4,6-9,13-14,16-17,19H,5,10-12,15H2,(H,24,25). The molecule has 0 spiro atoms. The summed E-state index contributed by atoms with van der Waals surface area (Å²) in [7, 11) is 0. The fourth-order valence-electron chi connectivity index (χ4n) is 4.07. The molecular weight excluding hydrogens is 324 g/mol. The second-order valence-corrected chi connectivity index (χ2v) is 7.36. The molecule has 1 amide bonds. The van der Waals surface area contributed by atoms with Gasteiger partial charge in [0, 0.05) is 35.6 Å². The van der Waals surface area contributed by atoms with Gasteiger partial charge in [-0.15, -0.1) is 0 Å². The fourth-order valence-corrected chi connectivity index (χ4v) is 4.07. The molecule has 1 heterocycles. The number of hydrogen-bond donors (Lipinski definition) is 1. The Bertz CT molecular complexity index is 788. The molecule has 3 unspecified atom stereocenters. The molecule has 2 aromatic rings. The van der Waals surface area contributed by atoms with Gasteiger partial charge in [-0.1, -0.05) is 24.3 Å². The summed E-state index contributed by atoms with van der Waals surface area (Å²) in [6.45, 7) is 0.462. The van der Waals surface area contributed by atoms with Gasteiger partial charge in [-0.05, 0) is 55.7 Å². The van der Waals surface area contributed by atoms with Crippen LogP contribution < -0.4 is 10.1 Å². The number of hydrogen-bond acceptors (Lipinski definition) is 3. The molecule has 4 rings (SSSR count). The van der Waals surface area contributed by atoms with E-state index in [1.54, 1.807) is 12.4 Å². The lowest BCUT2D eigenvalue weighted by molar-refractivity contribution is -0.121. The van der Waals surface area contributed by atoms with Crippen molar-refractivity contribution in [1.82, 2.24) is 4.98 Å². The number of rotatable bonds is 5. The van der Waals surface area contributed by atoms with Crippen LogP contribution in [0.1, 0.15) is 31.2 Å². The molecule has 1 saturated carbocycles. The molecule has 0 radical (unpaired) electrons. The largest absolute Gasteiger partial charge is 0.489 e. The van der Waals surface area contributed by atoms with Crippen molar-refractivity contribution in [2.75, 3.05) is 5.32 Å². The van der Waals surface area contributed by atoms with E-state index < -0.39 is 0 Å². The average Bonchev–Trinajstić information content (AvgIpc) is 2.67. The highest BCUT2D eigenvalue weighted by molar-refractivity contribution is 5.92. The van der Waals surface area contributed by atoms with Gasteiger partial charge in [0.05, 0.1) is 0 Å². The molecule has 1 N–H and O–H groups in total. The van der Waals surface area contributed by atoms with Crippen molar-refractivity contribution in [2.24, 2.45) is 17.8 Å². The minimum atomic E-state index is 0.115. The van der Waals surface area contributed by atoms with Crippen molar-refractivity contribution < 1.29 is 9.53 Å². The number of carbonyl (C=O) groups is 1. The van der Waals surface area contributed by atoms with Crippen molar-refractivity contribution >= 4 is 11.6 Å². The van der Waals surface area contributed by atoms with Crippen LogP contribution in [0.5, 0.6) is 5.75 Å². The van der Waals surface area contributed by atoms with E-state index >= 15 is 0 Å². The zero-order valence-corrected chi connectivity index (χ0v) is 14.8. The highest BCUT2D eigenvalue weighted by Crippen LogP contribution is 2.39. The highest BCUT2D eigenvalue weighted by Gasteiger charge is 2.33. The number of carbonyl (C=O) groups excluding carboxylic acids is 1. The van der Waals surface area contributed by atoms with Crippen LogP contribution in [0.4, 0.5) is 5.69 Å². The third kappa shape index (κ3) is 4.13. The van der Waals surface area contributed by atoms with Gasteiger partial charge < -0.3 is 10.1 Å². The number of anilines is 1. The van der Waals surface area contributed by atoms with Gasteiger partial charge in [0.25, 0.3) is 0 Å². The van der Waals surface area contributed by atoms with E-state index in [0.29, 0.717) is 18.4 Å². The molecule has 0 saturated heterocycles. The maximum Gasteiger partial charge on any atom is 0.227 e. The Balaban J connectivity index is 1.36. The Morgan fingerprint density at radius 2 is 2.15 bits per heavy atom. The van der Waals surface area contributed by atoms with Gasteiger partial charge in [0.1, 0.15) is 12.4 Å². The minimum Gasteiger partial charge on any atom is -0.489 e. The molecule has 134 valence electrons. The van der Waals surface area contributed by atoms with Crippen LogP contribution >= 0.6 is 0 Å². The number of nitrogens with one attached hydrogen (secondary N) is 1. The van der Waals surface area contributed by atoms with Crippen LogP contribution in [0.2, 0.25) is 0 Å². The predicted molar refractivity (Wildman–Crippen MR) is 102 cm³/mol. The summed E-state index contributed by atoms with van der Waals surface area (Å²) in [4.78, 5) is 16.8. The molecule has 1 fully saturated rings. The normalized spacial score (nSPS) is 24.1. The third-order valence-corrected chi connectivity index (χ3v) is 5.32. The van der Waals surface area contributed by atoms with Crippen molar-refractivity contribution in [2.45, 2.75) is 32.3 Å². The van der Waals surface area contributed by atoms with Gasteiger partial charge in [-0.3, -0.25) is 9.78 Å². The molecule has 2 aliphatic carbocycles. The SMILES string of the molecule is O=C(Nc1cccc(OCc2cccnc2)c1)C1CC2C=CCC(C2)C1. The number of benzene rings is 1. The smallest absolute Gasteiger partial charge is 0.227 e. The summed E-state index contributed by atoms with van der Waals surface area (Å²) < 4.78 is 5.82. The summed E-state index contributed by atoms with van der Waals surface area (Å²) in [5, 5.41) is 3.08. The van der Waals surface area contributed by atoms with Gasteiger partial charge in [-0.2, -0.15) is 0 Å². The Morgan fingerprint density at radius 1 is 1.19 bits per heavy atom. The first kappa shape index (κ1) is 16.8. The number of nitrogens with zero attached hydrogens (tertiary/aromatic N) is 1. The number of ether oxygens (including phenoxy) is 1. The summed E-state index contributed by atoms with van der Waals surface area (Å²) >= 11 is 0. The second kappa shape index (κ2) is 7.73. The van der Waals surface area contributed by atoms with Crippen LogP contribution in [0.3, 0.4) is 0 Å². The zero-order chi connectivity index (χ0) is 17.8. The summed E-state index contributed by atoms with van der Waals surface area (Å²) in [6.07, 6.45) is 12.5. The number of pyridine rings is 1. The molecule has 1 aromatic carbocycles. The number of aromatic nitrogens is 1. The van der Waals surface area contributed by atoms with Crippen LogP contribution in [0.25, 0.3) is 0 Å². The first-order valence-corrected chi connectivity index (χ1v) is 9.35. The lowest BCUT2D eigenvalue weighted by Crippen LogP contribution is -2.32. The molecular formula is C22H24N2O2. The summed E-state index contributed by atoms with van der Waals surface area (Å²) in [5.41, 5.74) is 1.81. The van der Waals surface area contributed by atoms with E-state index in [1.165, 1.54) is 6.42 Å². The topological polar surface area (TPSA) is 51.2 Å². The molecule has 4 heteroatoms. The van der Waals surface area contributed by atoms with Crippen LogP contribution in [-0.2, 0) is 11.4 Å². The molecule has 2 bridgehead atoms. The van der Waals surface area contributed by atoms with Crippen molar-refractivity contribution in [1.29, 1.82) is 0 Å². The minimum absolute atomic E-state index is 0.115. The Hall–Kier alpha value is -2.62. The van der Waals surface area contributed by atoms with Crippen molar-refractivity contribution in [3.8, 4) is 5.75 Å². The molecule has 3 atom stereocenters. The fraction of sp³-hybridized carbons (Fsp3) is 0.364. The number of allylic oxidation sites excluding steroid dienone is 2. The van der Waals surface area contributed by atoms with E-state index in [0.717, 1.165) is 36.3 Å². The lowest BCUT2D eigenvalue weighted by Gasteiger charge is -2.35. The maximum absolute atomic E-state index is 12.7. The van der Waals surface area contributed by atoms with Gasteiger partial charge in [0.15, 0.2) is 0 Å². The maximum atomic E-state index is 12.7. The lowest BCUT2D eigenvalue weighted by atomic mass is 9.71. The van der Waals surface area contributed by atoms with Crippen LogP contribution in [0, 0.1) is 17.8 Å². The van der Waals surface area contributed by atoms with E-state index in [1.807, 2.05) is 36.4 Å². The summed E-state index contributed by atoms with van der Waals surface area (Å²) in [6, 6.07) is 11.5. The molecule has 26 heavy (non-hydrogen) atoms. The molecule has 4 nitrogen and oxygen atoms in total. The third-order valence-electron chi connectivity index (χ3n) is 5.32. The predicted octanol–water partition coefficient (Wildman–Crippen LogP) is 4.59. The molecule has 2 aliphatic rings. The first-order valence-electron chi connectivity index (χ1n) is 9.35.